The van der Waals surface area contributed by atoms with Crippen LogP contribution >= 0.6 is 0 Å². The van der Waals surface area contributed by atoms with E-state index in [1.807, 2.05) is 62.4 Å². The fourth-order valence-corrected chi connectivity index (χ4v) is 4.92. The number of carbonyl (C=O) groups excluding carboxylic acids is 3. The molecule has 0 radical (unpaired) electrons. The number of hydrogen-bond acceptors (Lipinski definition) is 5. The third kappa shape index (κ3) is 7.82. The van der Waals surface area contributed by atoms with Gasteiger partial charge in [0.15, 0.2) is 0 Å². The lowest BCUT2D eigenvalue weighted by Crippen LogP contribution is -2.57. The van der Waals surface area contributed by atoms with E-state index >= 15 is 0 Å². The highest BCUT2D eigenvalue weighted by atomic mass is 16.5. The fraction of sp³-hybridized carbons (Fsp3) is 0.516. The van der Waals surface area contributed by atoms with Gasteiger partial charge in [0, 0.05) is 26.6 Å². The van der Waals surface area contributed by atoms with Gasteiger partial charge in [-0.05, 0) is 69.6 Å². The fourth-order valence-electron chi connectivity index (χ4n) is 4.92. The van der Waals surface area contributed by atoms with Gasteiger partial charge in [0.2, 0.25) is 17.7 Å². The van der Waals surface area contributed by atoms with Crippen molar-refractivity contribution in [3.8, 4) is 5.75 Å². The van der Waals surface area contributed by atoms with Crippen LogP contribution in [0, 0.1) is 12.8 Å². The van der Waals surface area contributed by atoms with Crippen molar-refractivity contribution in [1.29, 1.82) is 0 Å². The monoisotopic (exact) mass is 534 g/mol. The summed E-state index contributed by atoms with van der Waals surface area (Å²) in [6.07, 6.45) is 3.66. The molecule has 1 saturated carbocycles. The minimum Gasteiger partial charge on any atom is -0.489 e. The molecule has 1 fully saturated rings. The molecule has 4 atom stereocenters. The molecule has 0 saturated heterocycles. The molecule has 210 valence electrons. The van der Waals surface area contributed by atoms with E-state index in [0.717, 1.165) is 48.1 Å². The molecule has 1 aliphatic carbocycles. The predicted molar refractivity (Wildman–Crippen MR) is 151 cm³/mol. The molecule has 0 bridgehead atoms. The Hall–Kier alpha value is -3.39. The summed E-state index contributed by atoms with van der Waals surface area (Å²) in [6, 6.07) is 14.0. The van der Waals surface area contributed by atoms with E-state index in [4.69, 9.17) is 4.74 Å². The number of rotatable bonds is 3. The summed E-state index contributed by atoms with van der Waals surface area (Å²) in [5, 5.41) is 9.36. The maximum absolute atomic E-state index is 13.5. The molecule has 2 aromatic carbocycles. The van der Waals surface area contributed by atoms with Crippen molar-refractivity contribution in [2.45, 2.75) is 77.1 Å². The third-order valence-electron chi connectivity index (χ3n) is 7.71. The Morgan fingerprint density at radius 1 is 0.974 bits per heavy atom. The maximum Gasteiger partial charge on any atom is 0.243 e. The Morgan fingerprint density at radius 2 is 1.69 bits per heavy atom. The molecule has 0 spiro atoms. The van der Waals surface area contributed by atoms with Crippen LogP contribution in [0.4, 0.5) is 0 Å². The van der Waals surface area contributed by atoms with Crippen molar-refractivity contribution in [3.05, 3.63) is 65.2 Å². The number of nitrogens with one attached hydrogen (secondary N) is 3. The number of benzene rings is 2. The van der Waals surface area contributed by atoms with Crippen LogP contribution in [0.3, 0.4) is 0 Å². The van der Waals surface area contributed by atoms with Gasteiger partial charge in [-0.25, -0.2) is 0 Å². The number of fused-ring (bicyclic) bond motifs is 1. The van der Waals surface area contributed by atoms with Crippen molar-refractivity contribution >= 4 is 17.7 Å². The lowest BCUT2D eigenvalue weighted by atomic mass is 10.0. The topological polar surface area (TPSA) is 99.8 Å². The van der Waals surface area contributed by atoms with Gasteiger partial charge < -0.3 is 25.6 Å². The quantitative estimate of drug-likeness (QED) is 0.563. The number of aryl methyl sites for hydroxylation is 2. The van der Waals surface area contributed by atoms with Crippen molar-refractivity contribution in [2.75, 3.05) is 20.1 Å². The number of carbonyl (C=O) groups is 3. The van der Waals surface area contributed by atoms with Crippen LogP contribution in [0.1, 0.15) is 49.8 Å². The predicted octanol–water partition coefficient (Wildman–Crippen LogP) is 2.77. The molecule has 4 rings (SSSR count). The molecule has 3 N–H and O–H groups in total. The molecule has 2 aliphatic rings. The van der Waals surface area contributed by atoms with Crippen LogP contribution in [0.2, 0.25) is 0 Å². The van der Waals surface area contributed by atoms with Crippen LogP contribution in [0.15, 0.2) is 48.5 Å². The van der Waals surface area contributed by atoms with E-state index in [1.54, 1.807) is 14.0 Å². The number of nitrogens with zero attached hydrogens (tertiary/aromatic N) is 1. The van der Waals surface area contributed by atoms with Crippen molar-refractivity contribution < 1.29 is 19.1 Å². The van der Waals surface area contributed by atoms with E-state index in [9.17, 15) is 14.4 Å². The largest absolute Gasteiger partial charge is 0.489 e. The summed E-state index contributed by atoms with van der Waals surface area (Å²) in [6.45, 7) is 6.70. The smallest absolute Gasteiger partial charge is 0.243 e. The molecule has 1 heterocycles. The van der Waals surface area contributed by atoms with Gasteiger partial charge in [0.05, 0.1) is 6.04 Å². The van der Waals surface area contributed by atoms with E-state index in [2.05, 4.69) is 16.0 Å². The zero-order valence-corrected chi connectivity index (χ0v) is 23.5. The Bertz CT molecular complexity index is 1150. The molecular formula is C31H42N4O4. The first kappa shape index (κ1) is 28.6. The summed E-state index contributed by atoms with van der Waals surface area (Å²) in [5.74, 6) is 0.374. The van der Waals surface area contributed by atoms with Crippen LogP contribution in [0.25, 0.3) is 0 Å². The van der Waals surface area contributed by atoms with E-state index in [1.165, 1.54) is 4.90 Å². The second-order valence-corrected chi connectivity index (χ2v) is 11.0. The highest BCUT2D eigenvalue weighted by Gasteiger charge is 2.39. The second-order valence-electron chi connectivity index (χ2n) is 11.0. The number of hydrogen-bond donors (Lipinski definition) is 3. The zero-order valence-electron chi connectivity index (χ0n) is 23.5. The van der Waals surface area contributed by atoms with Crippen molar-refractivity contribution in [3.63, 3.8) is 0 Å². The molecule has 0 aromatic heterocycles. The number of ether oxygens (including phenoxy) is 1. The standard InChI is InChI=1S/C31H42N4O4/c1-20-11-13-23(14-12-20)18-26-30(37)32-17-7-9-24-8-5-6-10-27(24)39-21(2)19-33-28(25-15-16-25)31(38)35(4)22(3)29(36)34-26/h5-6,8,10-14,21-22,25-26,28,33H,7,9,15-19H2,1-4H3,(H,32,37)(H,34,36)/t21-,22-,26-,28+/m1/s1. The minimum atomic E-state index is -0.751. The van der Waals surface area contributed by atoms with Crippen molar-refractivity contribution in [2.24, 2.45) is 5.92 Å². The van der Waals surface area contributed by atoms with Gasteiger partial charge in [-0.15, -0.1) is 0 Å². The van der Waals surface area contributed by atoms with Crippen molar-refractivity contribution in [1.82, 2.24) is 20.9 Å². The average molecular weight is 535 g/mol. The molecule has 8 heteroatoms. The second kappa shape index (κ2) is 13.1. The van der Waals surface area contributed by atoms with Crippen LogP contribution in [-0.4, -0.2) is 67.0 Å². The summed E-state index contributed by atoms with van der Waals surface area (Å²) in [4.78, 5) is 41.6. The Morgan fingerprint density at radius 3 is 2.41 bits per heavy atom. The zero-order chi connectivity index (χ0) is 27.9. The summed E-state index contributed by atoms with van der Waals surface area (Å²) in [5.41, 5.74) is 3.16. The summed E-state index contributed by atoms with van der Waals surface area (Å²) >= 11 is 0. The number of likely N-dealkylation sites (N-methyl/N-ethyl adjacent to an activating group) is 1. The van der Waals surface area contributed by atoms with E-state index < -0.39 is 12.1 Å². The van der Waals surface area contributed by atoms with Crippen LogP contribution in [0.5, 0.6) is 5.75 Å². The minimum absolute atomic E-state index is 0.117. The molecule has 2 aromatic rings. The third-order valence-corrected chi connectivity index (χ3v) is 7.71. The van der Waals surface area contributed by atoms with Gasteiger partial charge in [0.25, 0.3) is 0 Å². The van der Waals surface area contributed by atoms with Gasteiger partial charge in [-0.2, -0.15) is 0 Å². The van der Waals surface area contributed by atoms with Crippen LogP contribution in [-0.2, 0) is 27.2 Å². The lowest BCUT2D eigenvalue weighted by Gasteiger charge is -2.31. The van der Waals surface area contributed by atoms with Crippen LogP contribution < -0.4 is 20.7 Å². The molecule has 0 unspecified atom stereocenters. The number of amides is 3. The molecule has 39 heavy (non-hydrogen) atoms. The van der Waals surface area contributed by atoms with Gasteiger partial charge in [-0.3, -0.25) is 14.4 Å². The Labute approximate surface area is 231 Å². The highest BCUT2D eigenvalue weighted by Crippen LogP contribution is 2.33. The van der Waals surface area contributed by atoms with E-state index in [-0.39, 0.29) is 35.8 Å². The maximum atomic E-state index is 13.5. The molecule has 1 aliphatic heterocycles. The van der Waals surface area contributed by atoms with E-state index in [0.29, 0.717) is 19.5 Å². The van der Waals surface area contributed by atoms with Gasteiger partial charge in [-0.1, -0.05) is 48.0 Å². The molecule has 8 nitrogen and oxygen atoms in total. The summed E-state index contributed by atoms with van der Waals surface area (Å²) < 4.78 is 6.26. The average Bonchev–Trinajstić information content (AvgIpc) is 3.76. The summed E-state index contributed by atoms with van der Waals surface area (Å²) in [7, 11) is 1.66. The first-order valence-electron chi connectivity index (χ1n) is 14.1. The first-order chi connectivity index (χ1) is 18.7. The lowest BCUT2D eigenvalue weighted by molar-refractivity contribution is -0.141. The first-order valence-corrected chi connectivity index (χ1v) is 14.1. The molecular weight excluding hydrogens is 492 g/mol. The SMILES string of the molecule is Cc1ccc(C[C@H]2NC(=O)[C@@H](C)N(C)C(=O)[C@H](C3CC3)NC[C@@H](C)Oc3ccccc3CCCNC2=O)cc1. The Balaban J connectivity index is 1.56. The molecule has 3 amide bonds. The van der Waals surface area contributed by atoms with Gasteiger partial charge in [0.1, 0.15) is 23.9 Å². The van der Waals surface area contributed by atoms with Gasteiger partial charge >= 0.3 is 0 Å². The highest BCUT2D eigenvalue weighted by molar-refractivity contribution is 5.93. The Kier molecular flexibility index (Phi) is 9.62. The normalized spacial score (nSPS) is 25.9. The number of para-hydroxylation sites is 1.